The highest BCUT2D eigenvalue weighted by molar-refractivity contribution is 6.01. The molecule has 0 aliphatic heterocycles. The Morgan fingerprint density at radius 3 is 1.51 bits per heavy atom. The first kappa shape index (κ1) is 37.5. The van der Waals surface area contributed by atoms with Gasteiger partial charge < -0.3 is 15.3 Å². The van der Waals surface area contributed by atoms with Gasteiger partial charge >= 0.3 is 0 Å². The number of ketones is 2. The summed E-state index contributed by atoms with van der Waals surface area (Å²) >= 11 is 0. The fourth-order valence-electron chi connectivity index (χ4n) is 5.57. The number of carbonyl (C=O) groups excluding carboxylic acids is 2. The smallest absolute Gasteiger partial charge is 0.189 e. The van der Waals surface area contributed by atoms with E-state index >= 15 is 0 Å². The normalized spacial score (nSPS) is 25.9. The van der Waals surface area contributed by atoms with Crippen LogP contribution in [-0.4, -0.2) is 45.2 Å². The largest absolute Gasteiger partial charge is 0.389 e. The SMILES string of the molecule is CC(C=CC=C(C)C=CC1=C(C)C(=O)C(O)CC1(C)C)=CC=CC=C(C)C=CC=C(C)C=CC1=C(C)C(=O)C(O)C(O)C1(C)C. The summed E-state index contributed by atoms with van der Waals surface area (Å²) in [4.78, 5) is 24.5. The molecule has 0 saturated heterocycles. The predicted octanol–water partition coefficient (Wildman–Crippen LogP) is 7.88. The summed E-state index contributed by atoms with van der Waals surface area (Å²) in [6, 6.07) is 0. The van der Waals surface area contributed by atoms with Crippen LogP contribution in [0.25, 0.3) is 0 Å². The van der Waals surface area contributed by atoms with Crippen LogP contribution >= 0.6 is 0 Å². The van der Waals surface area contributed by atoms with Crippen molar-refractivity contribution in [2.45, 2.75) is 94.0 Å². The lowest BCUT2D eigenvalue weighted by molar-refractivity contribution is -0.135. The van der Waals surface area contributed by atoms with Gasteiger partial charge in [-0.05, 0) is 75.7 Å². The van der Waals surface area contributed by atoms with Crippen LogP contribution in [0.3, 0.4) is 0 Å². The molecule has 0 spiro atoms. The van der Waals surface area contributed by atoms with E-state index in [4.69, 9.17) is 0 Å². The zero-order valence-electron chi connectivity index (χ0n) is 28.7. The molecular weight excluding hydrogens is 560 g/mol. The van der Waals surface area contributed by atoms with Crippen molar-refractivity contribution >= 4 is 11.6 Å². The molecule has 0 saturated carbocycles. The highest BCUT2D eigenvalue weighted by Crippen LogP contribution is 2.41. The molecule has 3 N–H and O–H groups in total. The molecule has 45 heavy (non-hydrogen) atoms. The van der Waals surface area contributed by atoms with Crippen LogP contribution in [0.2, 0.25) is 0 Å². The first-order valence-electron chi connectivity index (χ1n) is 15.5. The topological polar surface area (TPSA) is 94.8 Å². The van der Waals surface area contributed by atoms with Gasteiger partial charge in [-0.25, -0.2) is 0 Å². The van der Waals surface area contributed by atoms with Gasteiger partial charge in [-0.15, -0.1) is 0 Å². The minimum atomic E-state index is -1.38. The second kappa shape index (κ2) is 16.1. The maximum Gasteiger partial charge on any atom is 0.189 e. The number of rotatable bonds is 10. The number of hydrogen-bond acceptors (Lipinski definition) is 5. The quantitative estimate of drug-likeness (QED) is 0.218. The van der Waals surface area contributed by atoms with Gasteiger partial charge in [-0.2, -0.15) is 0 Å². The number of aliphatic hydroxyl groups is 3. The summed E-state index contributed by atoms with van der Waals surface area (Å²) in [6.45, 7) is 19.3. The maximum absolute atomic E-state index is 12.3. The van der Waals surface area contributed by atoms with Crippen LogP contribution in [0.1, 0.15) is 75.7 Å². The van der Waals surface area contributed by atoms with E-state index < -0.39 is 29.5 Å². The van der Waals surface area contributed by atoms with E-state index in [9.17, 15) is 24.9 Å². The standard InChI is InChI=1S/C40H52O5/c1-26(17-13-19-28(3)21-23-32-30(5)35(42)34(41)25-39(32,7)8)15-11-12-16-27(2)18-14-20-29(4)22-24-33-31(6)36(43)37(44)38(45)40(33,9)10/h11-24,34,37-38,41,44-45H,25H2,1-10H3. The van der Waals surface area contributed by atoms with Crippen molar-refractivity contribution in [2.75, 3.05) is 0 Å². The summed E-state index contributed by atoms with van der Waals surface area (Å²) in [6.07, 6.45) is 24.9. The van der Waals surface area contributed by atoms with Gasteiger partial charge in [0.05, 0.1) is 6.10 Å². The Labute approximate surface area is 270 Å². The zero-order valence-corrected chi connectivity index (χ0v) is 28.7. The molecule has 0 fully saturated rings. The Morgan fingerprint density at radius 2 is 1.02 bits per heavy atom. The Kier molecular flexibility index (Phi) is 13.4. The Balaban J connectivity index is 1.97. The molecule has 242 valence electrons. The predicted molar refractivity (Wildman–Crippen MR) is 186 cm³/mol. The lowest BCUT2D eigenvalue weighted by atomic mass is 9.69. The summed E-state index contributed by atoms with van der Waals surface area (Å²) in [5, 5.41) is 30.5. The van der Waals surface area contributed by atoms with Crippen LogP contribution in [0.5, 0.6) is 0 Å². The molecule has 5 heteroatoms. The molecule has 0 radical (unpaired) electrons. The van der Waals surface area contributed by atoms with Crippen LogP contribution in [0.4, 0.5) is 0 Å². The number of carbonyl (C=O) groups is 2. The molecule has 0 heterocycles. The summed E-state index contributed by atoms with van der Waals surface area (Å²) < 4.78 is 0. The number of hydrogen-bond donors (Lipinski definition) is 3. The van der Waals surface area contributed by atoms with Crippen molar-refractivity contribution in [3.05, 3.63) is 130 Å². The minimum absolute atomic E-state index is 0.181. The highest BCUT2D eigenvalue weighted by Gasteiger charge is 2.45. The van der Waals surface area contributed by atoms with Crippen molar-refractivity contribution in [1.29, 1.82) is 0 Å². The average Bonchev–Trinajstić information content (AvgIpc) is 2.95. The van der Waals surface area contributed by atoms with Gasteiger partial charge in [0, 0.05) is 5.41 Å². The Morgan fingerprint density at radius 1 is 0.622 bits per heavy atom. The van der Waals surface area contributed by atoms with Crippen molar-refractivity contribution in [1.82, 2.24) is 0 Å². The third-order valence-electron chi connectivity index (χ3n) is 8.58. The third-order valence-corrected chi connectivity index (χ3v) is 8.58. The number of Topliss-reactive ketones (excluding diaryl/α,β-unsaturated/α-hetero) is 2. The van der Waals surface area contributed by atoms with E-state index in [0.717, 1.165) is 33.4 Å². The molecular formula is C40H52O5. The first-order chi connectivity index (χ1) is 20.9. The van der Waals surface area contributed by atoms with Crippen LogP contribution in [0.15, 0.2) is 130 Å². The fraction of sp³-hybridized carbons (Fsp3) is 0.400. The maximum atomic E-state index is 12.3. The highest BCUT2D eigenvalue weighted by atomic mass is 16.3. The van der Waals surface area contributed by atoms with Crippen molar-refractivity contribution in [2.24, 2.45) is 10.8 Å². The van der Waals surface area contributed by atoms with E-state index in [0.29, 0.717) is 17.6 Å². The van der Waals surface area contributed by atoms with Crippen LogP contribution < -0.4 is 0 Å². The zero-order chi connectivity index (χ0) is 34.1. The molecule has 0 bridgehead atoms. The summed E-state index contributed by atoms with van der Waals surface area (Å²) in [7, 11) is 0. The van der Waals surface area contributed by atoms with Crippen molar-refractivity contribution in [3.8, 4) is 0 Å². The second-order valence-electron chi connectivity index (χ2n) is 13.4. The molecule has 0 aromatic carbocycles. The summed E-state index contributed by atoms with van der Waals surface area (Å²) in [5.74, 6) is -0.609. The Bertz CT molecular complexity index is 1490. The van der Waals surface area contributed by atoms with E-state index in [1.807, 2.05) is 127 Å². The van der Waals surface area contributed by atoms with E-state index in [1.165, 1.54) is 0 Å². The van der Waals surface area contributed by atoms with E-state index in [1.54, 1.807) is 13.8 Å². The Hall–Kier alpha value is -3.64. The van der Waals surface area contributed by atoms with Gasteiger partial charge in [-0.3, -0.25) is 9.59 Å². The van der Waals surface area contributed by atoms with Gasteiger partial charge in [0.2, 0.25) is 0 Å². The van der Waals surface area contributed by atoms with Crippen molar-refractivity contribution < 1.29 is 24.9 Å². The second-order valence-corrected chi connectivity index (χ2v) is 13.4. The summed E-state index contributed by atoms with van der Waals surface area (Å²) in [5.41, 5.74) is 6.09. The van der Waals surface area contributed by atoms with Crippen LogP contribution in [0, 0.1) is 10.8 Å². The first-order valence-corrected chi connectivity index (χ1v) is 15.5. The fourth-order valence-corrected chi connectivity index (χ4v) is 5.57. The van der Waals surface area contributed by atoms with Crippen LogP contribution in [-0.2, 0) is 9.59 Å². The lowest BCUT2D eigenvalue weighted by Gasteiger charge is -2.39. The average molecular weight is 613 g/mol. The molecule has 2 aliphatic carbocycles. The molecule has 3 atom stereocenters. The number of aliphatic hydroxyl groups excluding tert-OH is 3. The molecule has 0 aromatic heterocycles. The van der Waals surface area contributed by atoms with Gasteiger partial charge in [-0.1, -0.05) is 135 Å². The molecule has 2 aliphatic rings. The van der Waals surface area contributed by atoms with E-state index in [-0.39, 0.29) is 11.2 Å². The minimum Gasteiger partial charge on any atom is -0.389 e. The van der Waals surface area contributed by atoms with Gasteiger partial charge in [0.1, 0.15) is 12.2 Å². The van der Waals surface area contributed by atoms with Gasteiger partial charge in [0.15, 0.2) is 11.6 Å². The van der Waals surface area contributed by atoms with Crippen molar-refractivity contribution in [3.63, 3.8) is 0 Å². The monoisotopic (exact) mass is 612 g/mol. The number of allylic oxidation sites excluding steroid dienone is 19. The molecule has 3 unspecified atom stereocenters. The van der Waals surface area contributed by atoms with Gasteiger partial charge in [0.25, 0.3) is 0 Å². The molecule has 0 aromatic rings. The van der Waals surface area contributed by atoms with E-state index in [2.05, 4.69) is 13.8 Å². The third kappa shape index (κ3) is 10.2. The molecule has 2 rings (SSSR count). The molecule has 0 amide bonds. The lowest BCUT2D eigenvalue weighted by Crippen LogP contribution is -2.49. The molecule has 5 nitrogen and oxygen atoms in total.